The molecule has 0 spiro atoms. The molecule has 108 valence electrons. The predicted octanol–water partition coefficient (Wildman–Crippen LogP) is 3.53. The monoisotopic (exact) mass is 302 g/mol. The highest BCUT2D eigenvalue weighted by atomic mass is 35.5. The van der Waals surface area contributed by atoms with Crippen LogP contribution in [-0.2, 0) is 16.6 Å². The third kappa shape index (κ3) is 2.36. The minimum absolute atomic E-state index is 0.0774. The summed E-state index contributed by atoms with van der Waals surface area (Å²) >= 11 is 6.12. The van der Waals surface area contributed by atoms with E-state index in [1.807, 2.05) is 38.4 Å². The molecule has 5 heteroatoms. The highest BCUT2D eigenvalue weighted by Gasteiger charge is 2.37. The van der Waals surface area contributed by atoms with Crippen LogP contribution < -0.4 is 0 Å². The van der Waals surface area contributed by atoms with E-state index in [1.165, 1.54) is 0 Å². The number of carbonyl (C=O) groups is 1. The first kappa shape index (κ1) is 13.9. The Kier molecular flexibility index (Phi) is 3.33. The van der Waals surface area contributed by atoms with Gasteiger partial charge in [0, 0.05) is 40.9 Å². The molecular weight excluding hydrogens is 288 g/mol. The van der Waals surface area contributed by atoms with Crippen molar-refractivity contribution >= 4 is 17.6 Å². The van der Waals surface area contributed by atoms with Crippen LogP contribution in [0.25, 0.3) is 11.1 Å². The largest absolute Gasteiger partial charge is 0.453 e. The molecule has 1 saturated heterocycles. The molecule has 4 nitrogen and oxygen atoms in total. The molecule has 2 aromatic rings. The number of aryl methyl sites for hydroxylation is 1. The van der Waals surface area contributed by atoms with Gasteiger partial charge in [-0.3, -0.25) is 4.68 Å². The van der Waals surface area contributed by atoms with Gasteiger partial charge in [0.25, 0.3) is 0 Å². The zero-order chi connectivity index (χ0) is 15.1. The minimum Gasteiger partial charge on any atom is -0.453 e. The Balaban J connectivity index is 2.11. The summed E-state index contributed by atoms with van der Waals surface area (Å²) in [6, 6.07) is 5.59. The maximum Gasteiger partial charge on any atom is 0.334 e. The molecule has 0 N–H and O–H groups in total. The molecule has 0 bridgehead atoms. The molecule has 1 aliphatic heterocycles. The average Bonchev–Trinajstić information content (AvgIpc) is 2.98. The molecule has 1 aliphatic rings. The summed E-state index contributed by atoms with van der Waals surface area (Å²) < 4.78 is 7.20. The van der Waals surface area contributed by atoms with E-state index in [2.05, 4.69) is 11.7 Å². The van der Waals surface area contributed by atoms with Gasteiger partial charge < -0.3 is 4.74 Å². The summed E-state index contributed by atoms with van der Waals surface area (Å²) in [6.07, 6.45) is 3.34. The normalized spacial score (nSPS) is 21.7. The lowest BCUT2D eigenvalue weighted by Crippen LogP contribution is -2.06. The number of rotatable bonds is 2. The van der Waals surface area contributed by atoms with Gasteiger partial charge in [-0.1, -0.05) is 31.2 Å². The second-order valence-corrected chi connectivity index (χ2v) is 5.71. The van der Waals surface area contributed by atoms with Crippen molar-refractivity contribution in [2.45, 2.75) is 13.0 Å². The zero-order valence-electron chi connectivity index (χ0n) is 11.8. The number of esters is 1. The Bertz CT molecular complexity index is 736. The standard InChI is InChI=1S/C16H15ClN2O2/c1-9-10(2)16(20)21-15(9)14-6-12(17)4-5-13(14)11-7-18-19(3)8-11/h4-9,15H,2H2,1,3H3. The number of nitrogens with zero attached hydrogens (tertiary/aromatic N) is 2. The van der Waals surface area contributed by atoms with Crippen molar-refractivity contribution in [1.29, 1.82) is 0 Å². The lowest BCUT2D eigenvalue weighted by Gasteiger charge is -2.18. The molecule has 1 aromatic carbocycles. The van der Waals surface area contributed by atoms with E-state index in [0.717, 1.165) is 16.7 Å². The molecule has 2 unspecified atom stereocenters. The minimum atomic E-state index is -0.362. The number of ether oxygens (including phenoxy) is 1. The van der Waals surface area contributed by atoms with Gasteiger partial charge in [-0.25, -0.2) is 4.79 Å². The van der Waals surface area contributed by atoms with Crippen molar-refractivity contribution < 1.29 is 9.53 Å². The third-order valence-electron chi connectivity index (χ3n) is 3.84. The molecule has 0 aliphatic carbocycles. The molecule has 2 atom stereocenters. The molecule has 21 heavy (non-hydrogen) atoms. The molecule has 3 rings (SSSR count). The maximum atomic E-state index is 11.7. The van der Waals surface area contributed by atoms with E-state index in [4.69, 9.17) is 16.3 Å². The molecule has 0 saturated carbocycles. The number of hydrogen-bond donors (Lipinski definition) is 0. The van der Waals surface area contributed by atoms with Crippen LogP contribution >= 0.6 is 11.6 Å². The van der Waals surface area contributed by atoms with E-state index in [1.54, 1.807) is 10.9 Å². The fourth-order valence-electron chi connectivity index (χ4n) is 2.59. The van der Waals surface area contributed by atoms with Crippen molar-refractivity contribution in [2.24, 2.45) is 13.0 Å². The Morgan fingerprint density at radius 1 is 1.43 bits per heavy atom. The number of cyclic esters (lactones) is 1. The number of hydrogen-bond acceptors (Lipinski definition) is 3. The molecule has 1 aromatic heterocycles. The Morgan fingerprint density at radius 3 is 2.76 bits per heavy atom. The summed E-state index contributed by atoms with van der Waals surface area (Å²) in [4.78, 5) is 11.7. The van der Waals surface area contributed by atoms with E-state index in [9.17, 15) is 4.79 Å². The first-order valence-electron chi connectivity index (χ1n) is 6.65. The van der Waals surface area contributed by atoms with Crippen molar-refractivity contribution in [3.63, 3.8) is 0 Å². The van der Waals surface area contributed by atoms with Gasteiger partial charge in [0.1, 0.15) is 6.10 Å². The smallest absolute Gasteiger partial charge is 0.334 e. The third-order valence-corrected chi connectivity index (χ3v) is 4.07. The Labute approximate surface area is 128 Å². The molecule has 1 fully saturated rings. The van der Waals surface area contributed by atoms with Gasteiger partial charge in [0.05, 0.1) is 6.20 Å². The van der Waals surface area contributed by atoms with Gasteiger partial charge in [-0.15, -0.1) is 0 Å². The molecular formula is C16H15ClN2O2. The zero-order valence-corrected chi connectivity index (χ0v) is 12.6. The van der Waals surface area contributed by atoms with Crippen LogP contribution in [0.15, 0.2) is 42.7 Å². The van der Waals surface area contributed by atoms with Gasteiger partial charge in [0.15, 0.2) is 0 Å². The lowest BCUT2D eigenvalue weighted by molar-refractivity contribution is -0.139. The average molecular weight is 303 g/mol. The molecule has 0 amide bonds. The van der Waals surface area contributed by atoms with Crippen LogP contribution in [0.5, 0.6) is 0 Å². The summed E-state index contributed by atoms with van der Waals surface area (Å²) in [5.74, 6) is -0.420. The second kappa shape index (κ2) is 5.04. The van der Waals surface area contributed by atoms with E-state index < -0.39 is 0 Å². The highest BCUT2D eigenvalue weighted by Crippen LogP contribution is 2.42. The topological polar surface area (TPSA) is 44.1 Å². The van der Waals surface area contributed by atoms with Crippen LogP contribution in [0.2, 0.25) is 5.02 Å². The van der Waals surface area contributed by atoms with E-state index in [0.29, 0.717) is 10.6 Å². The number of halogens is 1. The van der Waals surface area contributed by atoms with Crippen molar-refractivity contribution in [2.75, 3.05) is 0 Å². The van der Waals surface area contributed by atoms with E-state index in [-0.39, 0.29) is 18.0 Å². The molecule has 2 heterocycles. The summed E-state index contributed by atoms with van der Waals surface area (Å²) in [5.41, 5.74) is 3.31. The SMILES string of the molecule is C=C1C(=O)OC(c2cc(Cl)ccc2-c2cnn(C)c2)C1C. The lowest BCUT2D eigenvalue weighted by atomic mass is 9.90. The number of benzene rings is 1. The van der Waals surface area contributed by atoms with Crippen molar-refractivity contribution in [3.05, 3.63) is 53.3 Å². The highest BCUT2D eigenvalue weighted by molar-refractivity contribution is 6.30. The van der Waals surface area contributed by atoms with Crippen LogP contribution in [0.4, 0.5) is 0 Å². The van der Waals surface area contributed by atoms with Gasteiger partial charge >= 0.3 is 5.97 Å². The van der Waals surface area contributed by atoms with Crippen molar-refractivity contribution in [3.8, 4) is 11.1 Å². The Hall–Kier alpha value is -2.07. The fourth-order valence-corrected chi connectivity index (χ4v) is 2.77. The van der Waals surface area contributed by atoms with Crippen molar-refractivity contribution in [1.82, 2.24) is 9.78 Å². The number of carbonyl (C=O) groups excluding carboxylic acids is 1. The number of aromatic nitrogens is 2. The summed E-state index contributed by atoms with van der Waals surface area (Å²) in [6.45, 7) is 5.73. The van der Waals surface area contributed by atoms with E-state index >= 15 is 0 Å². The quantitative estimate of drug-likeness (QED) is 0.629. The predicted molar refractivity (Wildman–Crippen MR) is 80.8 cm³/mol. The Morgan fingerprint density at radius 2 is 2.19 bits per heavy atom. The second-order valence-electron chi connectivity index (χ2n) is 5.27. The van der Waals surface area contributed by atoms with Crippen LogP contribution in [0.1, 0.15) is 18.6 Å². The molecule has 0 radical (unpaired) electrons. The maximum absolute atomic E-state index is 11.7. The first-order chi connectivity index (χ1) is 9.97. The fraction of sp³-hybridized carbons (Fsp3) is 0.250. The first-order valence-corrected chi connectivity index (χ1v) is 7.03. The summed E-state index contributed by atoms with van der Waals surface area (Å²) in [5, 5.41) is 4.80. The van der Waals surface area contributed by atoms with Crippen LogP contribution in [0.3, 0.4) is 0 Å². The summed E-state index contributed by atoms with van der Waals surface area (Å²) in [7, 11) is 1.86. The van der Waals surface area contributed by atoms with Gasteiger partial charge in [-0.2, -0.15) is 5.10 Å². The van der Waals surface area contributed by atoms with Crippen LogP contribution in [-0.4, -0.2) is 15.7 Å². The van der Waals surface area contributed by atoms with Gasteiger partial charge in [0.2, 0.25) is 0 Å². The van der Waals surface area contributed by atoms with Gasteiger partial charge in [-0.05, 0) is 17.7 Å². The van der Waals surface area contributed by atoms with Crippen LogP contribution in [0, 0.1) is 5.92 Å².